The van der Waals surface area contributed by atoms with Gasteiger partial charge in [-0.2, -0.15) is 0 Å². The monoisotopic (exact) mass is 278 g/mol. The second-order valence-corrected chi connectivity index (χ2v) is 4.50. The van der Waals surface area contributed by atoms with Gasteiger partial charge in [0.05, 0.1) is 7.11 Å². The average molecular weight is 278 g/mol. The number of carbonyl (C=O) groups excluding carboxylic acids is 2. The maximum absolute atomic E-state index is 12.6. The molecule has 0 heterocycles. The van der Waals surface area contributed by atoms with E-state index in [1.165, 1.54) is 12.0 Å². The minimum atomic E-state index is -0.414. The van der Waals surface area contributed by atoms with Gasteiger partial charge in [0.2, 0.25) is 0 Å². The Hall–Kier alpha value is -1.88. The topological polar surface area (TPSA) is 72.6 Å². The molecule has 0 aliphatic carbocycles. The molecule has 0 aromatic heterocycles. The van der Waals surface area contributed by atoms with Crippen molar-refractivity contribution in [3.63, 3.8) is 0 Å². The number of hydrogen-bond acceptors (Lipinski definition) is 4. The molecule has 0 atom stereocenters. The molecule has 0 aliphatic heterocycles. The lowest BCUT2D eigenvalue weighted by Gasteiger charge is -2.22. The van der Waals surface area contributed by atoms with Crippen LogP contribution < -0.4 is 5.73 Å². The molecule has 1 rings (SSSR count). The lowest BCUT2D eigenvalue weighted by molar-refractivity contribution is -0.141. The average Bonchev–Trinajstić information content (AvgIpc) is 2.47. The van der Waals surface area contributed by atoms with Crippen molar-refractivity contribution in [1.82, 2.24) is 4.90 Å². The zero-order valence-electron chi connectivity index (χ0n) is 12.1. The molecule has 5 nitrogen and oxygen atoms in total. The predicted molar refractivity (Wildman–Crippen MR) is 77.4 cm³/mol. The van der Waals surface area contributed by atoms with Gasteiger partial charge in [0.15, 0.2) is 0 Å². The second-order valence-electron chi connectivity index (χ2n) is 4.50. The number of methoxy groups -OCH3 is 1. The maximum Gasteiger partial charge on any atom is 0.325 e. The number of benzene rings is 1. The third kappa shape index (κ3) is 4.35. The smallest absolute Gasteiger partial charge is 0.325 e. The Bertz CT molecular complexity index is 460. The van der Waals surface area contributed by atoms with Gasteiger partial charge in [0.1, 0.15) is 6.54 Å². The zero-order valence-corrected chi connectivity index (χ0v) is 12.1. The normalized spacial score (nSPS) is 10.2. The van der Waals surface area contributed by atoms with Crippen molar-refractivity contribution < 1.29 is 14.3 Å². The summed E-state index contributed by atoms with van der Waals surface area (Å²) in [5.41, 5.74) is 7.08. The first-order valence-corrected chi connectivity index (χ1v) is 6.78. The molecule has 2 N–H and O–H groups in total. The van der Waals surface area contributed by atoms with Crippen LogP contribution in [-0.4, -0.2) is 43.5 Å². The third-order valence-electron chi connectivity index (χ3n) is 2.99. The van der Waals surface area contributed by atoms with Crippen LogP contribution in [0.3, 0.4) is 0 Å². The van der Waals surface area contributed by atoms with Crippen LogP contribution in [0.1, 0.15) is 29.3 Å². The summed E-state index contributed by atoms with van der Waals surface area (Å²) in [7, 11) is 1.32. The van der Waals surface area contributed by atoms with Crippen LogP contribution in [-0.2, 0) is 16.0 Å². The van der Waals surface area contributed by atoms with Gasteiger partial charge in [-0.15, -0.1) is 0 Å². The molecule has 0 saturated carbocycles. The van der Waals surface area contributed by atoms with Crippen molar-refractivity contribution in [3.05, 3.63) is 35.4 Å². The number of esters is 1. The standard InChI is InChI=1S/C15H22N2O3/c1-3-10-17(11-14(18)20-2)15(19)13-7-5-4-6-12(13)8-9-16/h4-7H,3,8-11,16H2,1-2H3. The van der Waals surface area contributed by atoms with Crippen LogP contribution in [0.4, 0.5) is 0 Å². The predicted octanol–water partition coefficient (Wildman–Crippen LogP) is 1.21. The molecule has 1 aromatic carbocycles. The number of ether oxygens (including phenoxy) is 1. The fraction of sp³-hybridized carbons (Fsp3) is 0.467. The first-order valence-electron chi connectivity index (χ1n) is 6.78. The summed E-state index contributed by atoms with van der Waals surface area (Å²) >= 11 is 0. The maximum atomic E-state index is 12.6. The highest BCUT2D eigenvalue weighted by molar-refractivity contribution is 5.97. The lowest BCUT2D eigenvalue weighted by atomic mass is 10.0. The second kappa shape index (κ2) is 8.32. The molecule has 0 saturated heterocycles. The van der Waals surface area contributed by atoms with E-state index in [9.17, 15) is 9.59 Å². The van der Waals surface area contributed by atoms with Gasteiger partial charge < -0.3 is 15.4 Å². The van der Waals surface area contributed by atoms with Crippen molar-refractivity contribution in [2.24, 2.45) is 5.73 Å². The zero-order chi connectivity index (χ0) is 15.0. The quantitative estimate of drug-likeness (QED) is 0.761. The molecule has 0 radical (unpaired) electrons. The van der Waals surface area contributed by atoms with Gasteiger partial charge in [-0.1, -0.05) is 25.1 Å². The SMILES string of the molecule is CCCN(CC(=O)OC)C(=O)c1ccccc1CCN. The Balaban J connectivity index is 2.96. The van der Waals surface area contributed by atoms with Crippen LogP contribution in [0, 0.1) is 0 Å². The highest BCUT2D eigenvalue weighted by Crippen LogP contribution is 2.13. The molecule has 1 aromatic rings. The Morgan fingerprint density at radius 3 is 2.60 bits per heavy atom. The van der Waals surface area contributed by atoms with E-state index in [4.69, 9.17) is 5.73 Å². The first-order chi connectivity index (χ1) is 9.63. The number of amides is 1. The molecular formula is C15H22N2O3. The van der Waals surface area contributed by atoms with Crippen LogP contribution in [0.2, 0.25) is 0 Å². The Morgan fingerprint density at radius 2 is 2.00 bits per heavy atom. The number of carbonyl (C=O) groups is 2. The summed E-state index contributed by atoms with van der Waals surface area (Å²) in [6.45, 7) is 2.93. The summed E-state index contributed by atoms with van der Waals surface area (Å²) in [6, 6.07) is 7.36. The fourth-order valence-corrected chi connectivity index (χ4v) is 2.02. The van der Waals surface area contributed by atoms with Gasteiger partial charge in [-0.3, -0.25) is 9.59 Å². The summed E-state index contributed by atoms with van der Waals surface area (Å²) in [5, 5.41) is 0. The molecule has 0 fully saturated rings. The van der Waals surface area contributed by atoms with Crippen LogP contribution >= 0.6 is 0 Å². The highest BCUT2D eigenvalue weighted by atomic mass is 16.5. The van der Waals surface area contributed by atoms with Crippen molar-refractivity contribution >= 4 is 11.9 Å². The Morgan fingerprint density at radius 1 is 1.30 bits per heavy atom. The number of nitrogens with zero attached hydrogens (tertiary/aromatic N) is 1. The fourth-order valence-electron chi connectivity index (χ4n) is 2.02. The van der Waals surface area contributed by atoms with Gasteiger partial charge in [0, 0.05) is 12.1 Å². The van der Waals surface area contributed by atoms with Gasteiger partial charge in [-0.05, 0) is 31.0 Å². The molecule has 110 valence electrons. The van der Waals surface area contributed by atoms with E-state index in [1.807, 2.05) is 25.1 Å². The minimum Gasteiger partial charge on any atom is -0.468 e. The molecular weight excluding hydrogens is 256 g/mol. The van der Waals surface area contributed by atoms with Crippen molar-refractivity contribution in [2.75, 3.05) is 26.7 Å². The van der Waals surface area contributed by atoms with Crippen molar-refractivity contribution in [3.8, 4) is 0 Å². The molecule has 5 heteroatoms. The Labute approximate surface area is 119 Å². The van der Waals surface area contributed by atoms with Crippen LogP contribution in [0.5, 0.6) is 0 Å². The molecule has 0 bridgehead atoms. The van der Waals surface area contributed by atoms with E-state index in [-0.39, 0.29) is 12.5 Å². The third-order valence-corrected chi connectivity index (χ3v) is 2.99. The van der Waals surface area contributed by atoms with E-state index in [0.717, 1.165) is 12.0 Å². The van der Waals surface area contributed by atoms with Gasteiger partial charge in [0.25, 0.3) is 5.91 Å². The van der Waals surface area contributed by atoms with E-state index in [0.29, 0.717) is 25.1 Å². The summed E-state index contributed by atoms with van der Waals surface area (Å²) in [5.74, 6) is -0.565. The Kier molecular flexibility index (Phi) is 6.73. The number of hydrogen-bond donors (Lipinski definition) is 1. The van der Waals surface area contributed by atoms with Crippen molar-refractivity contribution in [1.29, 1.82) is 0 Å². The number of nitrogens with two attached hydrogens (primary N) is 1. The van der Waals surface area contributed by atoms with E-state index in [1.54, 1.807) is 6.07 Å². The summed E-state index contributed by atoms with van der Waals surface area (Å²) < 4.78 is 4.64. The lowest BCUT2D eigenvalue weighted by Crippen LogP contribution is -2.37. The molecule has 0 aliphatic rings. The van der Waals surface area contributed by atoms with E-state index >= 15 is 0 Å². The van der Waals surface area contributed by atoms with Crippen LogP contribution in [0.25, 0.3) is 0 Å². The number of rotatable bonds is 7. The van der Waals surface area contributed by atoms with Crippen molar-refractivity contribution in [2.45, 2.75) is 19.8 Å². The largest absolute Gasteiger partial charge is 0.468 e. The highest BCUT2D eigenvalue weighted by Gasteiger charge is 2.20. The molecule has 1 amide bonds. The summed E-state index contributed by atoms with van der Waals surface area (Å²) in [4.78, 5) is 25.5. The van der Waals surface area contributed by atoms with Crippen LogP contribution in [0.15, 0.2) is 24.3 Å². The van der Waals surface area contributed by atoms with E-state index < -0.39 is 5.97 Å². The molecule has 0 unspecified atom stereocenters. The van der Waals surface area contributed by atoms with E-state index in [2.05, 4.69) is 4.74 Å². The summed E-state index contributed by atoms with van der Waals surface area (Å²) in [6.07, 6.45) is 1.42. The minimum absolute atomic E-state index is 0.0276. The van der Waals surface area contributed by atoms with Gasteiger partial charge >= 0.3 is 5.97 Å². The molecule has 20 heavy (non-hydrogen) atoms. The molecule has 0 spiro atoms. The van der Waals surface area contributed by atoms with Gasteiger partial charge in [-0.25, -0.2) is 0 Å². The first kappa shape index (κ1) is 16.2.